The molecule has 2 aromatic rings. The van der Waals surface area contributed by atoms with Crippen LogP contribution in [0, 0.1) is 0 Å². The van der Waals surface area contributed by atoms with Crippen LogP contribution >= 0.6 is 0 Å². The summed E-state index contributed by atoms with van der Waals surface area (Å²) in [6.07, 6.45) is 10.0. The van der Waals surface area contributed by atoms with Crippen molar-refractivity contribution in [2.75, 3.05) is 0 Å². The Labute approximate surface area is 83.3 Å². The van der Waals surface area contributed by atoms with E-state index in [2.05, 4.69) is 35.1 Å². The van der Waals surface area contributed by atoms with Gasteiger partial charge in [0.05, 0.1) is 12.7 Å². The predicted molar refractivity (Wildman–Crippen MR) is 54.0 cm³/mol. The third-order valence-electron chi connectivity index (χ3n) is 2.20. The van der Waals surface area contributed by atoms with E-state index in [1.807, 2.05) is 0 Å². The lowest BCUT2D eigenvalue weighted by molar-refractivity contribution is 0.418. The molecule has 2 heterocycles. The standard InChI is InChI=1S/C11H14N2O/c1-2-3-10-4-5-13(7-10)8-11-6-12-14-9-11/h4-7,9H,2-3,8H2,1H3. The van der Waals surface area contributed by atoms with Crippen molar-refractivity contribution in [1.82, 2.24) is 9.72 Å². The number of hydrogen-bond donors (Lipinski definition) is 0. The maximum atomic E-state index is 4.78. The van der Waals surface area contributed by atoms with E-state index in [1.54, 1.807) is 12.5 Å². The zero-order valence-corrected chi connectivity index (χ0v) is 8.31. The normalized spacial score (nSPS) is 10.6. The molecule has 14 heavy (non-hydrogen) atoms. The van der Waals surface area contributed by atoms with Crippen molar-refractivity contribution in [2.24, 2.45) is 0 Å². The summed E-state index contributed by atoms with van der Waals surface area (Å²) >= 11 is 0. The van der Waals surface area contributed by atoms with Crippen LogP contribution in [0.1, 0.15) is 24.5 Å². The van der Waals surface area contributed by atoms with Gasteiger partial charge < -0.3 is 9.09 Å². The first-order valence-electron chi connectivity index (χ1n) is 4.91. The van der Waals surface area contributed by atoms with E-state index in [-0.39, 0.29) is 0 Å². The van der Waals surface area contributed by atoms with E-state index in [1.165, 1.54) is 12.0 Å². The maximum absolute atomic E-state index is 4.78. The second-order valence-electron chi connectivity index (χ2n) is 3.47. The largest absolute Gasteiger partial charge is 0.364 e. The van der Waals surface area contributed by atoms with Crippen molar-refractivity contribution < 1.29 is 4.52 Å². The average Bonchev–Trinajstić information content (AvgIpc) is 2.79. The lowest BCUT2D eigenvalue weighted by atomic mass is 10.2. The number of aromatic nitrogens is 2. The van der Waals surface area contributed by atoms with Crippen molar-refractivity contribution >= 4 is 0 Å². The molecule has 2 rings (SSSR count). The SMILES string of the molecule is CCCc1ccn(Cc2cnoc2)c1. The first-order chi connectivity index (χ1) is 6.88. The molecule has 0 spiro atoms. The summed E-state index contributed by atoms with van der Waals surface area (Å²) in [4.78, 5) is 0. The first-order valence-corrected chi connectivity index (χ1v) is 4.91. The maximum Gasteiger partial charge on any atom is 0.128 e. The number of aryl methyl sites for hydroxylation is 1. The smallest absolute Gasteiger partial charge is 0.128 e. The minimum Gasteiger partial charge on any atom is -0.364 e. The van der Waals surface area contributed by atoms with Crippen LogP contribution in [-0.4, -0.2) is 9.72 Å². The van der Waals surface area contributed by atoms with Crippen LogP contribution in [0.5, 0.6) is 0 Å². The summed E-state index contributed by atoms with van der Waals surface area (Å²) in [6, 6.07) is 2.16. The molecule has 0 amide bonds. The summed E-state index contributed by atoms with van der Waals surface area (Å²) in [5.74, 6) is 0. The van der Waals surface area contributed by atoms with Gasteiger partial charge in [-0.05, 0) is 18.1 Å². The van der Waals surface area contributed by atoms with Gasteiger partial charge in [-0.3, -0.25) is 0 Å². The fourth-order valence-electron chi connectivity index (χ4n) is 1.54. The zero-order chi connectivity index (χ0) is 9.80. The summed E-state index contributed by atoms with van der Waals surface area (Å²) < 4.78 is 6.93. The highest BCUT2D eigenvalue weighted by atomic mass is 16.5. The Morgan fingerprint density at radius 1 is 1.43 bits per heavy atom. The van der Waals surface area contributed by atoms with E-state index >= 15 is 0 Å². The Balaban J connectivity index is 2.03. The Hall–Kier alpha value is -1.51. The number of hydrogen-bond acceptors (Lipinski definition) is 2. The molecule has 3 nitrogen and oxygen atoms in total. The molecule has 3 heteroatoms. The van der Waals surface area contributed by atoms with Gasteiger partial charge in [-0.15, -0.1) is 0 Å². The van der Waals surface area contributed by atoms with Crippen molar-refractivity contribution in [3.05, 3.63) is 42.0 Å². The van der Waals surface area contributed by atoms with E-state index in [0.29, 0.717) is 0 Å². The quantitative estimate of drug-likeness (QED) is 0.741. The number of nitrogens with zero attached hydrogens (tertiary/aromatic N) is 2. The first kappa shape index (κ1) is 9.06. The van der Waals surface area contributed by atoms with Gasteiger partial charge in [0, 0.05) is 18.0 Å². The molecule has 0 bridgehead atoms. The van der Waals surface area contributed by atoms with Crippen LogP contribution in [0.2, 0.25) is 0 Å². The summed E-state index contributed by atoms with van der Waals surface area (Å²) in [5.41, 5.74) is 2.49. The molecule has 0 aliphatic rings. The monoisotopic (exact) mass is 190 g/mol. The molecule has 0 saturated carbocycles. The third-order valence-corrected chi connectivity index (χ3v) is 2.20. The fraction of sp³-hybridized carbons (Fsp3) is 0.364. The van der Waals surface area contributed by atoms with E-state index in [4.69, 9.17) is 4.52 Å². The molecule has 0 saturated heterocycles. The lowest BCUT2D eigenvalue weighted by Gasteiger charge is -1.97. The van der Waals surface area contributed by atoms with Gasteiger partial charge in [0.1, 0.15) is 6.26 Å². The van der Waals surface area contributed by atoms with E-state index in [9.17, 15) is 0 Å². The molecule has 0 unspecified atom stereocenters. The van der Waals surface area contributed by atoms with Crippen LogP contribution in [0.4, 0.5) is 0 Å². The van der Waals surface area contributed by atoms with E-state index in [0.717, 1.165) is 18.5 Å². The van der Waals surface area contributed by atoms with Crippen molar-refractivity contribution in [1.29, 1.82) is 0 Å². The Bertz CT molecular complexity index is 376. The van der Waals surface area contributed by atoms with Crippen LogP contribution in [0.15, 0.2) is 35.4 Å². The second-order valence-corrected chi connectivity index (χ2v) is 3.47. The van der Waals surface area contributed by atoms with Gasteiger partial charge in [-0.2, -0.15) is 0 Å². The fourth-order valence-corrected chi connectivity index (χ4v) is 1.54. The summed E-state index contributed by atoms with van der Waals surface area (Å²) in [7, 11) is 0. The van der Waals surface area contributed by atoms with Crippen molar-refractivity contribution in [3.8, 4) is 0 Å². The van der Waals surface area contributed by atoms with Crippen molar-refractivity contribution in [2.45, 2.75) is 26.3 Å². The lowest BCUT2D eigenvalue weighted by Crippen LogP contribution is -1.94. The molecule has 0 N–H and O–H groups in total. The van der Waals surface area contributed by atoms with Gasteiger partial charge in [-0.25, -0.2) is 0 Å². The van der Waals surface area contributed by atoms with Crippen LogP contribution in [0.25, 0.3) is 0 Å². The highest BCUT2D eigenvalue weighted by Crippen LogP contribution is 2.07. The highest BCUT2D eigenvalue weighted by Gasteiger charge is 1.98. The van der Waals surface area contributed by atoms with Crippen LogP contribution in [0.3, 0.4) is 0 Å². The van der Waals surface area contributed by atoms with Gasteiger partial charge in [0.2, 0.25) is 0 Å². The molecule has 0 aliphatic carbocycles. The van der Waals surface area contributed by atoms with E-state index < -0.39 is 0 Å². The minimum atomic E-state index is 0.840. The van der Waals surface area contributed by atoms with Crippen LogP contribution < -0.4 is 0 Å². The molecule has 0 aliphatic heterocycles. The molecule has 2 aromatic heterocycles. The Kier molecular flexibility index (Phi) is 2.68. The van der Waals surface area contributed by atoms with Gasteiger partial charge in [-0.1, -0.05) is 18.5 Å². The number of rotatable bonds is 4. The molecule has 74 valence electrons. The zero-order valence-electron chi connectivity index (χ0n) is 8.31. The van der Waals surface area contributed by atoms with Crippen LogP contribution in [-0.2, 0) is 13.0 Å². The second kappa shape index (κ2) is 4.13. The average molecular weight is 190 g/mol. The predicted octanol–water partition coefficient (Wildman–Crippen LogP) is 2.48. The topological polar surface area (TPSA) is 31.0 Å². The highest BCUT2D eigenvalue weighted by molar-refractivity contribution is 5.12. The van der Waals surface area contributed by atoms with Gasteiger partial charge in [0.25, 0.3) is 0 Å². The Morgan fingerprint density at radius 3 is 3.07 bits per heavy atom. The molecule has 0 fully saturated rings. The van der Waals surface area contributed by atoms with Gasteiger partial charge in [0.15, 0.2) is 0 Å². The van der Waals surface area contributed by atoms with Crippen molar-refractivity contribution in [3.63, 3.8) is 0 Å². The summed E-state index contributed by atoms with van der Waals surface area (Å²) in [6.45, 7) is 3.03. The third kappa shape index (κ3) is 2.05. The minimum absolute atomic E-state index is 0.840. The molecule has 0 radical (unpaired) electrons. The van der Waals surface area contributed by atoms with Gasteiger partial charge >= 0.3 is 0 Å². The molecule has 0 aromatic carbocycles. The molecule has 0 atom stereocenters. The molecular formula is C11H14N2O. The Morgan fingerprint density at radius 2 is 2.36 bits per heavy atom. The molecular weight excluding hydrogens is 176 g/mol. The summed E-state index contributed by atoms with van der Waals surface area (Å²) in [5, 5.41) is 3.67.